The fourth-order valence-electron chi connectivity index (χ4n) is 2.05. The summed E-state index contributed by atoms with van der Waals surface area (Å²) in [4.78, 5) is 31.8. The summed E-state index contributed by atoms with van der Waals surface area (Å²) >= 11 is 5.83. The summed E-state index contributed by atoms with van der Waals surface area (Å²) in [6.07, 6.45) is 4.14. The first-order valence-electron chi connectivity index (χ1n) is 6.39. The fraction of sp³-hybridized carbons (Fsp3) is 0.0714. The second-order valence-corrected chi connectivity index (χ2v) is 4.78. The number of anilines is 1. The summed E-state index contributed by atoms with van der Waals surface area (Å²) in [5.74, 6) is 1.99. The van der Waals surface area contributed by atoms with E-state index in [0.717, 1.165) is 0 Å². The third-order valence-electron chi connectivity index (χ3n) is 2.96. The molecule has 2 aliphatic heterocycles. The van der Waals surface area contributed by atoms with Crippen LogP contribution in [0.1, 0.15) is 0 Å². The monoisotopic (exact) mass is 332 g/mol. The number of aliphatic imine (C=N–C) groups is 1. The van der Waals surface area contributed by atoms with Crippen LogP contribution >= 0.6 is 11.6 Å². The van der Waals surface area contributed by atoms with Crippen LogP contribution in [0.5, 0.6) is 0 Å². The summed E-state index contributed by atoms with van der Waals surface area (Å²) in [5.41, 5.74) is 1.18. The van der Waals surface area contributed by atoms with Crippen molar-refractivity contribution in [3.05, 3.63) is 53.6 Å². The van der Waals surface area contributed by atoms with Crippen molar-refractivity contribution in [1.82, 2.24) is 10.3 Å². The zero-order valence-electron chi connectivity index (χ0n) is 11.5. The predicted molar refractivity (Wildman–Crippen MR) is 81.2 cm³/mol. The molecule has 0 spiro atoms. The molecule has 1 N–H and O–H groups in total. The smallest absolute Gasteiger partial charge is 0.391 e. The number of pyridine rings is 1. The van der Waals surface area contributed by atoms with Crippen LogP contribution in [0, 0.1) is 0 Å². The van der Waals surface area contributed by atoms with E-state index in [0.29, 0.717) is 35.1 Å². The largest absolute Gasteiger partial charge is 0.520 e. The van der Waals surface area contributed by atoms with Crippen LogP contribution < -0.4 is 10.2 Å². The summed E-state index contributed by atoms with van der Waals surface area (Å²) in [6, 6.07) is 3.34. The fourth-order valence-corrected chi connectivity index (χ4v) is 2.16. The zero-order chi connectivity index (χ0) is 16.2. The Kier molecular flexibility index (Phi) is 4.09. The van der Waals surface area contributed by atoms with Gasteiger partial charge in [0.25, 0.3) is 0 Å². The molecule has 3 rings (SSSR count). The molecule has 2 aliphatic rings. The van der Waals surface area contributed by atoms with E-state index in [9.17, 15) is 9.59 Å². The number of carbonyl (C=O) groups is 1. The molecule has 0 amide bonds. The van der Waals surface area contributed by atoms with Crippen molar-refractivity contribution >= 4 is 35.2 Å². The van der Waals surface area contributed by atoms with Gasteiger partial charge in [-0.3, -0.25) is 9.89 Å². The Hall–Kier alpha value is -3.09. The van der Waals surface area contributed by atoms with Gasteiger partial charge < -0.3 is 14.8 Å². The molecule has 8 nitrogen and oxygen atoms in total. The van der Waals surface area contributed by atoms with Gasteiger partial charge in [0.05, 0.1) is 17.3 Å². The van der Waals surface area contributed by atoms with Crippen LogP contribution in [0.2, 0.25) is 5.02 Å². The van der Waals surface area contributed by atoms with Crippen molar-refractivity contribution in [2.24, 2.45) is 4.99 Å². The Bertz CT molecular complexity index is 778. The maximum Gasteiger partial charge on any atom is 0.520 e. The Labute approximate surface area is 135 Å². The van der Waals surface area contributed by atoms with Crippen LogP contribution in [0.25, 0.3) is 0 Å². The third kappa shape index (κ3) is 3.08. The molecular formula is C14H9ClN4O4. The molecule has 116 valence electrons. The molecule has 0 radical (unpaired) electrons. The SMILES string of the molecule is O=C=COC(=O)OC1=C2NC=CN=C2CN1c1ccc(Cl)cn1. The lowest BCUT2D eigenvalue weighted by atomic mass is 10.3. The molecule has 3 heterocycles. The highest BCUT2D eigenvalue weighted by atomic mass is 35.5. The molecule has 1 aromatic rings. The normalized spacial score (nSPS) is 15.3. The number of hydrogen-bond donors (Lipinski definition) is 1. The average molecular weight is 333 g/mol. The molecule has 0 bridgehead atoms. The quantitative estimate of drug-likeness (QED) is 0.512. The summed E-state index contributed by atoms with van der Waals surface area (Å²) < 4.78 is 9.60. The third-order valence-corrected chi connectivity index (χ3v) is 3.18. The number of halogens is 1. The molecule has 0 saturated heterocycles. The highest BCUT2D eigenvalue weighted by Crippen LogP contribution is 2.28. The molecule has 0 unspecified atom stereocenters. The number of fused-ring (bicyclic) bond motifs is 1. The standard InChI is InChI=1S/C14H9ClN4O4/c15-9-1-2-11(18-7-9)19-8-10-12(17-4-3-16-10)13(19)23-14(21)22-6-5-20/h1-4,6-7,17H,8H2. The minimum Gasteiger partial charge on any atom is -0.391 e. The minimum absolute atomic E-state index is 0.159. The van der Waals surface area contributed by atoms with E-state index in [-0.39, 0.29) is 5.88 Å². The molecule has 0 aliphatic carbocycles. The van der Waals surface area contributed by atoms with Crippen LogP contribution in [0.15, 0.2) is 53.6 Å². The van der Waals surface area contributed by atoms with E-state index in [4.69, 9.17) is 16.3 Å². The van der Waals surface area contributed by atoms with Gasteiger partial charge >= 0.3 is 6.16 Å². The Morgan fingerprint density at radius 3 is 3.09 bits per heavy atom. The summed E-state index contributed by atoms with van der Waals surface area (Å²) in [7, 11) is 0. The van der Waals surface area contributed by atoms with Gasteiger partial charge in [-0.15, -0.1) is 0 Å². The highest BCUT2D eigenvalue weighted by Gasteiger charge is 2.34. The lowest BCUT2D eigenvalue weighted by molar-refractivity contribution is 0.109. The van der Waals surface area contributed by atoms with Crippen molar-refractivity contribution in [3.8, 4) is 0 Å². The van der Waals surface area contributed by atoms with E-state index < -0.39 is 6.16 Å². The lowest BCUT2D eigenvalue weighted by Crippen LogP contribution is -2.25. The van der Waals surface area contributed by atoms with Gasteiger partial charge in [-0.1, -0.05) is 11.6 Å². The maximum atomic E-state index is 11.6. The van der Waals surface area contributed by atoms with Crippen molar-refractivity contribution in [2.45, 2.75) is 0 Å². The molecule has 9 heteroatoms. The molecule has 1 aromatic heterocycles. The van der Waals surface area contributed by atoms with E-state index in [1.54, 1.807) is 29.4 Å². The first kappa shape index (κ1) is 14.8. The lowest BCUT2D eigenvalue weighted by Gasteiger charge is -2.19. The number of nitrogens with one attached hydrogen (secondary N) is 1. The predicted octanol–water partition coefficient (Wildman–Crippen LogP) is 1.74. The summed E-state index contributed by atoms with van der Waals surface area (Å²) in [5, 5.41) is 3.44. The van der Waals surface area contributed by atoms with Gasteiger partial charge in [-0.25, -0.2) is 14.6 Å². The zero-order valence-corrected chi connectivity index (χ0v) is 12.3. The van der Waals surface area contributed by atoms with Crippen LogP contribution in [-0.2, 0) is 14.3 Å². The number of nitrogens with zero attached hydrogens (tertiary/aromatic N) is 3. The molecule has 0 aromatic carbocycles. The number of rotatable bonds is 3. The van der Waals surface area contributed by atoms with E-state index in [1.807, 2.05) is 0 Å². The summed E-state index contributed by atoms with van der Waals surface area (Å²) in [6.45, 7) is 0.341. The second-order valence-electron chi connectivity index (χ2n) is 4.34. The molecule has 0 fully saturated rings. The van der Waals surface area contributed by atoms with Crippen molar-refractivity contribution < 1.29 is 19.1 Å². The van der Waals surface area contributed by atoms with Gasteiger partial charge in [0.2, 0.25) is 5.88 Å². The molecule has 0 saturated carbocycles. The first-order chi connectivity index (χ1) is 11.2. The Morgan fingerprint density at radius 1 is 1.48 bits per heavy atom. The van der Waals surface area contributed by atoms with Gasteiger partial charge in [-0.05, 0) is 12.1 Å². The van der Waals surface area contributed by atoms with Crippen LogP contribution in [0.4, 0.5) is 10.6 Å². The van der Waals surface area contributed by atoms with Crippen molar-refractivity contribution in [1.29, 1.82) is 0 Å². The average Bonchev–Trinajstić information content (AvgIpc) is 2.92. The maximum absolute atomic E-state index is 11.6. The molecular weight excluding hydrogens is 324 g/mol. The Balaban J connectivity index is 1.92. The number of ether oxygens (including phenoxy) is 2. The number of hydrogen-bond acceptors (Lipinski definition) is 8. The number of aromatic nitrogens is 1. The van der Waals surface area contributed by atoms with Gasteiger partial charge in [0.1, 0.15) is 11.5 Å². The van der Waals surface area contributed by atoms with Crippen molar-refractivity contribution in [3.63, 3.8) is 0 Å². The van der Waals surface area contributed by atoms with Crippen LogP contribution in [-0.4, -0.2) is 29.3 Å². The van der Waals surface area contributed by atoms with Crippen LogP contribution in [0.3, 0.4) is 0 Å². The van der Waals surface area contributed by atoms with E-state index in [2.05, 4.69) is 20.0 Å². The topological polar surface area (TPSA) is 93.1 Å². The van der Waals surface area contributed by atoms with Gasteiger partial charge in [-0.2, -0.15) is 0 Å². The number of carbonyl (C=O) groups excluding carboxylic acids is 2. The van der Waals surface area contributed by atoms with Gasteiger partial charge in [0.15, 0.2) is 12.2 Å². The molecule has 0 atom stereocenters. The molecule has 23 heavy (non-hydrogen) atoms. The minimum atomic E-state index is -1.08. The Morgan fingerprint density at radius 2 is 2.35 bits per heavy atom. The highest BCUT2D eigenvalue weighted by molar-refractivity contribution is 6.30. The second kappa shape index (κ2) is 6.35. The van der Waals surface area contributed by atoms with E-state index in [1.165, 1.54) is 12.1 Å². The van der Waals surface area contributed by atoms with Gasteiger partial charge in [0, 0.05) is 18.6 Å². The first-order valence-corrected chi connectivity index (χ1v) is 6.76. The van der Waals surface area contributed by atoms with Crippen molar-refractivity contribution in [2.75, 3.05) is 11.4 Å². The van der Waals surface area contributed by atoms with E-state index >= 15 is 0 Å².